The van der Waals surface area contributed by atoms with Gasteiger partial charge in [0.1, 0.15) is 5.75 Å². The smallest absolute Gasteiger partial charge is 0.258 e. The quantitative estimate of drug-likeness (QED) is 0.646. The molecule has 0 bridgehead atoms. The summed E-state index contributed by atoms with van der Waals surface area (Å²) in [5.41, 5.74) is 4.45. The summed E-state index contributed by atoms with van der Waals surface area (Å²) in [7, 11) is 0. The predicted molar refractivity (Wildman–Crippen MR) is 111 cm³/mol. The van der Waals surface area contributed by atoms with Crippen molar-refractivity contribution >= 4 is 5.91 Å². The lowest BCUT2D eigenvalue weighted by Gasteiger charge is -2.20. The Hall–Kier alpha value is -3.14. The summed E-state index contributed by atoms with van der Waals surface area (Å²) >= 11 is 0. The molecule has 1 unspecified atom stereocenters. The highest BCUT2D eigenvalue weighted by Crippen LogP contribution is 2.24. The van der Waals surface area contributed by atoms with Crippen molar-refractivity contribution < 1.29 is 9.53 Å². The van der Waals surface area contributed by atoms with Gasteiger partial charge in [0.2, 0.25) is 0 Å². The number of benzene rings is 2. The number of pyridine rings is 1. The summed E-state index contributed by atoms with van der Waals surface area (Å²) < 4.78 is 5.73. The van der Waals surface area contributed by atoms with E-state index < -0.39 is 0 Å². The Morgan fingerprint density at radius 2 is 1.68 bits per heavy atom. The number of hydrogen-bond acceptors (Lipinski definition) is 3. The summed E-state index contributed by atoms with van der Waals surface area (Å²) in [6, 6.07) is 19.4. The average molecular weight is 374 g/mol. The molecule has 1 amide bonds. The fourth-order valence-electron chi connectivity index (χ4n) is 3.30. The van der Waals surface area contributed by atoms with Crippen molar-refractivity contribution in [1.82, 2.24) is 10.3 Å². The van der Waals surface area contributed by atoms with Crippen molar-refractivity contribution in [2.75, 3.05) is 6.61 Å². The van der Waals surface area contributed by atoms with E-state index in [2.05, 4.69) is 37.1 Å². The highest BCUT2D eigenvalue weighted by molar-refractivity contribution is 5.78. The fraction of sp³-hybridized carbons (Fsp3) is 0.250. The molecule has 0 saturated carbocycles. The molecule has 3 aromatic rings. The molecule has 0 aliphatic carbocycles. The van der Waals surface area contributed by atoms with Crippen molar-refractivity contribution in [3.05, 3.63) is 95.3 Å². The minimum Gasteiger partial charge on any atom is -0.484 e. The number of hydrogen-bond donors (Lipinski definition) is 1. The van der Waals surface area contributed by atoms with Crippen molar-refractivity contribution in [2.45, 2.75) is 32.7 Å². The van der Waals surface area contributed by atoms with Crippen LogP contribution in [-0.4, -0.2) is 17.5 Å². The number of aryl methyl sites for hydroxylation is 1. The normalized spacial score (nSPS) is 11.9. The molecule has 2 aromatic carbocycles. The molecule has 4 heteroatoms. The molecule has 1 N–H and O–H groups in total. The number of nitrogens with one attached hydrogen (secondary N) is 1. The molecule has 144 valence electrons. The first kappa shape index (κ1) is 19.6. The second-order valence-electron chi connectivity index (χ2n) is 7.15. The number of nitrogens with zero attached hydrogens (tertiary/aromatic N) is 1. The maximum absolute atomic E-state index is 12.6. The zero-order chi connectivity index (χ0) is 19.9. The third-order valence-electron chi connectivity index (χ3n) is 4.71. The van der Waals surface area contributed by atoms with E-state index in [0.717, 1.165) is 11.1 Å². The van der Waals surface area contributed by atoms with Crippen LogP contribution in [0.25, 0.3) is 0 Å². The number of amides is 1. The summed E-state index contributed by atoms with van der Waals surface area (Å²) in [4.78, 5) is 16.6. The van der Waals surface area contributed by atoms with Gasteiger partial charge < -0.3 is 10.1 Å². The maximum atomic E-state index is 12.6. The summed E-state index contributed by atoms with van der Waals surface area (Å²) in [6.45, 7) is 6.37. The molecule has 1 heterocycles. The van der Waals surface area contributed by atoms with Gasteiger partial charge in [-0.05, 0) is 59.4 Å². The second-order valence-corrected chi connectivity index (χ2v) is 7.15. The monoisotopic (exact) mass is 374 g/mol. The van der Waals surface area contributed by atoms with Crippen LogP contribution in [0, 0.1) is 6.92 Å². The Labute approximate surface area is 166 Å². The highest BCUT2D eigenvalue weighted by atomic mass is 16.5. The van der Waals surface area contributed by atoms with E-state index in [4.69, 9.17) is 4.74 Å². The highest BCUT2D eigenvalue weighted by Gasteiger charge is 2.17. The lowest BCUT2D eigenvalue weighted by Crippen LogP contribution is -2.33. The van der Waals surface area contributed by atoms with Crippen molar-refractivity contribution in [2.24, 2.45) is 0 Å². The van der Waals surface area contributed by atoms with Crippen LogP contribution in [-0.2, 0) is 4.79 Å². The summed E-state index contributed by atoms with van der Waals surface area (Å²) in [5, 5.41) is 3.07. The van der Waals surface area contributed by atoms with Crippen LogP contribution in [0.4, 0.5) is 0 Å². The van der Waals surface area contributed by atoms with Gasteiger partial charge in [-0.1, -0.05) is 50.2 Å². The fourth-order valence-corrected chi connectivity index (χ4v) is 3.30. The first-order valence-electron chi connectivity index (χ1n) is 9.52. The molecule has 4 nitrogen and oxygen atoms in total. The van der Waals surface area contributed by atoms with Gasteiger partial charge in [-0.3, -0.25) is 9.78 Å². The van der Waals surface area contributed by atoms with E-state index in [9.17, 15) is 4.79 Å². The van der Waals surface area contributed by atoms with Gasteiger partial charge >= 0.3 is 0 Å². The second kappa shape index (κ2) is 9.18. The number of carbonyl (C=O) groups excluding carboxylic acids is 1. The van der Waals surface area contributed by atoms with E-state index in [1.165, 1.54) is 11.1 Å². The van der Waals surface area contributed by atoms with Crippen molar-refractivity contribution in [3.8, 4) is 5.75 Å². The third-order valence-corrected chi connectivity index (χ3v) is 4.71. The maximum Gasteiger partial charge on any atom is 0.258 e. The third kappa shape index (κ3) is 4.97. The zero-order valence-corrected chi connectivity index (χ0v) is 16.6. The van der Waals surface area contributed by atoms with Crippen LogP contribution in [0.3, 0.4) is 0 Å². The average Bonchev–Trinajstić information content (AvgIpc) is 2.71. The minimum absolute atomic E-state index is 0.0329. The van der Waals surface area contributed by atoms with Gasteiger partial charge in [0.05, 0.1) is 6.04 Å². The van der Waals surface area contributed by atoms with Crippen molar-refractivity contribution in [3.63, 3.8) is 0 Å². The molecule has 0 radical (unpaired) electrons. The van der Waals surface area contributed by atoms with E-state index >= 15 is 0 Å². The van der Waals surface area contributed by atoms with Crippen LogP contribution in [0.1, 0.15) is 48.1 Å². The Morgan fingerprint density at radius 1 is 1.00 bits per heavy atom. The molecule has 0 fully saturated rings. The van der Waals surface area contributed by atoms with Crippen LogP contribution < -0.4 is 10.1 Å². The molecule has 0 aliphatic heterocycles. The topological polar surface area (TPSA) is 51.2 Å². The predicted octanol–water partition coefficient (Wildman–Crippen LogP) is 4.80. The van der Waals surface area contributed by atoms with Crippen LogP contribution in [0.5, 0.6) is 5.75 Å². The van der Waals surface area contributed by atoms with Gasteiger partial charge in [-0.15, -0.1) is 0 Å². The molecule has 28 heavy (non-hydrogen) atoms. The zero-order valence-electron chi connectivity index (χ0n) is 16.6. The molecule has 3 rings (SSSR count). The molecule has 0 spiro atoms. The molecular formula is C24H26N2O2. The van der Waals surface area contributed by atoms with Crippen LogP contribution >= 0.6 is 0 Å². The number of carbonyl (C=O) groups is 1. The SMILES string of the molecule is Cc1cc(OCC(=O)NC(c2ccccc2)c2ccncc2)ccc1C(C)C. The first-order valence-corrected chi connectivity index (χ1v) is 9.52. The molecule has 0 aliphatic rings. The first-order chi connectivity index (χ1) is 13.5. The Bertz CT molecular complexity index is 869. The van der Waals surface area contributed by atoms with Gasteiger partial charge in [-0.25, -0.2) is 0 Å². The van der Waals surface area contributed by atoms with Crippen molar-refractivity contribution in [1.29, 1.82) is 0 Å². The summed E-state index contributed by atoms with van der Waals surface area (Å²) in [6.07, 6.45) is 3.46. The lowest BCUT2D eigenvalue weighted by atomic mass is 9.98. The molecule has 1 atom stereocenters. The van der Waals surface area contributed by atoms with E-state index in [-0.39, 0.29) is 18.6 Å². The van der Waals surface area contributed by atoms with Gasteiger partial charge in [0, 0.05) is 12.4 Å². The summed E-state index contributed by atoms with van der Waals surface area (Å²) in [5.74, 6) is 0.998. The van der Waals surface area contributed by atoms with E-state index in [1.807, 2.05) is 54.6 Å². The number of ether oxygens (including phenoxy) is 1. The Balaban J connectivity index is 1.68. The van der Waals surface area contributed by atoms with E-state index in [1.54, 1.807) is 12.4 Å². The minimum atomic E-state index is -0.245. The van der Waals surface area contributed by atoms with Gasteiger partial charge in [0.25, 0.3) is 5.91 Å². The standard InChI is InChI=1S/C24H26N2O2/c1-17(2)22-10-9-21(15-18(22)3)28-16-23(27)26-24(19-7-5-4-6-8-19)20-11-13-25-14-12-20/h4-15,17,24H,16H2,1-3H3,(H,26,27). The van der Waals surface area contributed by atoms with Crippen LogP contribution in [0.15, 0.2) is 73.1 Å². The Kier molecular flexibility index (Phi) is 6.43. The number of aromatic nitrogens is 1. The lowest BCUT2D eigenvalue weighted by molar-refractivity contribution is -0.123. The van der Waals surface area contributed by atoms with Gasteiger partial charge in [-0.2, -0.15) is 0 Å². The largest absolute Gasteiger partial charge is 0.484 e. The van der Waals surface area contributed by atoms with Gasteiger partial charge in [0.15, 0.2) is 6.61 Å². The molecular weight excluding hydrogens is 348 g/mol. The number of rotatable bonds is 7. The Morgan fingerprint density at radius 3 is 2.32 bits per heavy atom. The molecule has 1 aromatic heterocycles. The van der Waals surface area contributed by atoms with Crippen LogP contribution in [0.2, 0.25) is 0 Å². The van der Waals surface area contributed by atoms with E-state index in [0.29, 0.717) is 11.7 Å². The molecule has 0 saturated heterocycles.